The molecule has 1 heterocycles. The van der Waals surface area contributed by atoms with Crippen molar-refractivity contribution in [3.05, 3.63) is 89.9 Å². The molecule has 0 spiro atoms. The van der Waals surface area contributed by atoms with Crippen LogP contribution in [0.1, 0.15) is 26.5 Å². The minimum atomic E-state index is -0.915. The molecule has 126 valence electrons. The highest BCUT2D eigenvalue weighted by Gasteiger charge is 2.23. The van der Waals surface area contributed by atoms with E-state index >= 15 is 0 Å². The van der Waals surface area contributed by atoms with E-state index in [1.54, 1.807) is 36.4 Å². The van der Waals surface area contributed by atoms with Crippen molar-refractivity contribution in [3.63, 3.8) is 0 Å². The largest absolute Gasteiger partial charge is 0.459 e. The lowest BCUT2D eigenvalue weighted by Gasteiger charge is -2.20. The fourth-order valence-electron chi connectivity index (χ4n) is 2.45. The maximum absolute atomic E-state index is 12.8. The first kappa shape index (κ1) is 16.5. The van der Waals surface area contributed by atoms with Crippen LogP contribution in [0, 0.1) is 6.92 Å². The Bertz CT molecular complexity index is 858. The first-order valence-corrected chi connectivity index (χ1v) is 7.90. The number of rotatable bonds is 6. The standard InChI is InChI=1S/C20H18N2O3/c1-14-7-5-10-16(13-14)21-19(18(23)15-8-3-2-4-9-15)22-20(24)17-11-6-12-25-17/h2-13,19,21H,1H3,(H,22,24). The highest BCUT2D eigenvalue weighted by molar-refractivity contribution is 6.04. The van der Waals surface area contributed by atoms with Crippen LogP contribution in [0.25, 0.3) is 0 Å². The Morgan fingerprint density at radius 3 is 2.44 bits per heavy atom. The monoisotopic (exact) mass is 334 g/mol. The predicted octanol–water partition coefficient (Wildman–Crippen LogP) is 3.64. The Morgan fingerprint density at radius 1 is 0.960 bits per heavy atom. The van der Waals surface area contributed by atoms with Gasteiger partial charge < -0.3 is 15.1 Å². The highest BCUT2D eigenvalue weighted by atomic mass is 16.3. The van der Waals surface area contributed by atoms with E-state index < -0.39 is 12.1 Å². The third kappa shape index (κ3) is 4.14. The summed E-state index contributed by atoms with van der Waals surface area (Å²) >= 11 is 0. The first-order chi connectivity index (χ1) is 12.1. The van der Waals surface area contributed by atoms with Gasteiger partial charge in [0.25, 0.3) is 5.91 Å². The molecule has 0 saturated carbocycles. The summed E-state index contributed by atoms with van der Waals surface area (Å²) in [5, 5.41) is 5.78. The van der Waals surface area contributed by atoms with Crippen LogP contribution in [0.15, 0.2) is 77.4 Å². The van der Waals surface area contributed by atoms with E-state index in [0.717, 1.165) is 11.3 Å². The number of hydrogen-bond donors (Lipinski definition) is 2. The van der Waals surface area contributed by atoms with Gasteiger partial charge in [-0.3, -0.25) is 9.59 Å². The van der Waals surface area contributed by atoms with Crippen molar-refractivity contribution in [3.8, 4) is 0 Å². The van der Waals surface area contributed by atoms with E-state index in [9.17, 15) is 9.59 Å². The fraction of sp³-hybridized carbons (Fsp3) is 0.100. The lowest BCUT2D eigenvalue weighted by molar-refractivity contribution is 0.0853. The van der Waals surface area contributed by atoms with Crippen molar-refractivity contribution < 1.29 is 14.0 Å². The quantitative estimate of drug-likeness (QED) is 0.533. The first-order valence-electron chi connectivity index (χ1n) is 7.90. The lowest BCUT2D eigenvalue weighted by Crippen LogP contribution is -2.46. The van der Waals surface area contributed by atoms with Gasteiger partial charge in [0, 0.05) is 11.3 Å². The number of nitrogens with one attached hydrogen (secondary N) is 2. The van der Waals surface area contributed by atoms with Crippen LogP contribution in [-0.4, -0.2) is 17.9 Å². The van der Waals surface area contributed by atoms with Crippen molar-refractivity contribution in [2.75, 3.05) is 5.32 Å². The Labute approximate surface area is 145 Å². The number of aryl methyl sites for hydroxylation is 1. The Hall–Kier alpha value is -3.34. The minimum Gasteiger partial charge on any atom is -0.459 e. The highest BCUT2D eigenvalue weighted by Crippen LogP contribution is 2.13. The molecule has 0 aliphatic heterocycles. The number of carbonyl (C=O) groups excluding carboxylic acids is 2. The number of amides is 1. The second-order valence-electron chi connectivity index (χ2n) is 5.63. The van der Waals surface area contributed by atoms with Gasteiger partial charge in [-0.15, -0.1) is 0 Å². The molecule has 3 rings (SSSR count). The van der Waals surface area contributed by atoms with Crippen molar-refractivity contribution in [1.82, 2.24) is 5.32 Å². The van der Waals surface area contributed by atoms with E-state index in [1.807, 2.05) is 37.3 Å². The second kappa shape index (κ2) is 7.49. The zero-order valence-corrected chi connectivity index (χ0v) is 13.7. The Balaban J connectivity index is 1.85. The van der Waals surface area contributed by atoms with Gasteiger partial charge in [0.2, 0.25) is 5.78 Å². The van der Waals surface area contributed by atoms with Gasteiger partial charge in [-0.1, -0.05) is 42.5 Å². The summed E-state index contributed by atoms with van der Waals surface area (Å²) in [6.45, 7) is 1.96. The smallest absolute Gasteiger partial charge is 0.288 e. The topological polar surface area (TPSA) is 71.3 Å². The van der Waals surface area contributed by atoms with Crippen LogP contribution < -0.4 is 10.6 Å². The van der Waals surface area contributed by atoms with E-state index in [2.05, 4.69) is 10.6 Å². The molecule has 3 aromatic rings. The zero-order valence-electron chi connectivity index (χ0n) is 13.7. The van der Waals surface area contributed by atoms with Gasteiger partial charge in [0.05, 0.1) is 6.26 Å². The van der Waals surface area contributed by atoms with Crippen LogP contribution in [-0.2, 0) is 0 Å². The molecule has 1 amide bonds. The number of ketones is 1. The zero-order chi connectivity index (χ0) is 17.6. The SMILES string of the molecule is Cc1cccc(NC(NC(=O)c2ccco2)C(=O)c2ccccc2)c1. The molecule has 1 aromatic heterocycles. The van der Waals surface area contributed by atoms with Crippen molar-refractivity contribution in [1.29, 1.82) is 0 Å². The van der Waals surface area contributed by atoms with Crippen LogP contribution >= 0.6 is 0 Å². The Morgan fingerprint density at radius 2 is 1.76 bits per heavy atom. The van der Waals surface area contributed by atoms with Crippen LogP contribution in [0.4, 0.5) is 5.69 Å². The third-order valence-corrected chi connectivity index (χ3v) is 3.67. The molecule has 5 nitrogen and oxygen atoms in total. The molecule has 0 aliphatic carbocycles. The fourth-order valence-corrected chi connectivity index (χ4v) is 2.45. The van der Waals surface area contributed by atoms with Crippen molar-refractivity contribution in [2.45, 2.75) is 13.1 Å². The second-order valence-corrected chi connectivity index (χ2v) is 5.63. The van der Waals surface area contributed by atoms with E-state index in [-0.39, 0.29) is 11.5 Å². The summed E-state index contributed by atoms with van der Waals surface area (Å²) in [7, 11) is 0. The van der Waals surface area contributed by atoms with Gasteiger partial charge in [0.15, 0.2) is 11.9 Å². The number of hydrogen-bond acceptors (Lipinski definition) is 4. The third-order valence-electron chi connectivity index (χ3n) is 3.67. The van der Waals surface area contributed by atoms with Gasteiger partial charge in [-0.25, -0.2) is 0 Å². The molecule has 0 fully saturated rings. The van der Waals surface area contributed by atoms with Crippen LogP contribution in [0.2, 0.25) is 0 Å². The van der Waals surface area contributed by atoms with E-state index in [1.165, 1.54) is 6.26 Å². The molecule has 0 radical (unpaired) electrons. The molecule has 0 saturated heterocycles. The van der Waals surface area contributed by atoms with Crippen molar-refractivity contribution in [2.24, 2.45) is 0 Å². The Kier molecular flexibility index (Phi) is 4.95. The summed E-state index contributed by atoms with van der Waals surface area (Å²) < 4.78 is 5.10. The summed E-state index contributed by atoms with van der Waals surface area (Å²) in [5.74, 6) is -0.543. The molecular formula is C20H18N2O3. The summed E-state index contributed by atoms with van der Waals surface area (Å²) in [5.41, 5.74) is 2.30. The number of furan rings is 1. The van der Waals surface area contributed by atoms with Crippen molar-refractivity contribution >= 4 is 17.4 Å². The molecule has 1 atom stereocenters. The van der Waals surface area contributed by atoms with Crippen LogP contribution in [0.5, 0.6) is 0 Å². The molecule has 0 aliphatic rings. The molecule has 25 heavy (non-hydrogen) atoms. The molecule has 0 bridgehead atoms. The van der Waals surface area contributed by atoms with Gasteiger partial charge in [-0.05, 0) is 36.8 Å². The molecular weight excluding hydrogens is 316 g/mol. The van der Waals surface area contributed by atoms with E-state index in [4.69, 9.17) is 4.42 Å². The number of anilines is 1. The molecule has 1 unspecified atom stereocenters. The predicted molar refractivity (Wildman–Crippen MR) is 95.5 cm³/mol. The molecule has 5 heteroatoms. The molecule has 2 aromatic carbocycles. The maximum atomic E-state index is 12.8. The average Bonchev–Trinajstić information content (AvgIpc) is 3.16. The van der Waals surface area contributed by atoms with Gasteiger partial charge in [-0.2, -0.15) is 0 Å². The minimum absolute atomic E-state index is 0.150. The number of carbonyl (C=O) groups is 2. The number of Topliss-reactive ketones (excluding diaryl/α,β-unsaturated/α-hetero) is 1. The number of benzene rings is 2. The van der Waals surface area contributed by atoms with E-state index in [0.29, 0.717) is 5.56 Å². The van der Waals surface area contributed by atoms with Gasteiger partial charge >= 0.3 is 0 Å². The average molecular weight is 334 g/mol. The summed E-state index contributed by atoms with van der Waals surface area (Å²) in [4.78, 5) is 25.1. The lowest BCUT2D eigenvalue weighted by atomic mass is 10.1. The summed E-state index contributed by atoms with van der Waals surface area (Å²) in [6, 6.07) is 19.6. The summed E-state index contributed by atoms with van der Waals surface area (Å²) in [6.07, 6.45) is 0.499. The molecule has 2 N–H and O–H groups in total. The maximum Gasteiger partial charge on any atom is 0.288 e. The normalized spacial score (nSPS) is 11.6. The van der Waals surface area contributed by atoms with Crippen LogP contribution in [0.3, 0.4) is 0 Å². The van der Waals surface area contributed by atoms with Gasteiger partial charge in [0.1, 0.15) is 0 Å².